The molecule has 0 aromatic carbocycles. The average Bonchev–Trinajstić information content (AvgIpc) is 1.97. The Labute approximate surface area is 91.6 Å². The van der Waals surface area contributed by atoms with Gasteiger partial charge in [0.25, 0.3) is 0 Å². The van der Waals surface area contributed by atoms with E-state index in [-0.39, 0.29) is 6.61 Å². The van der Waals surface area contributed by atoms with Crippen molar-refractivity contribution >= 4 is 14.7 Å². The summed E-state index contributed by atoms with van der Waals surface area (Å²) in [6, 6.07) is 0. The van der Waals surface area contributed by atoms with E-state index in [0.717, 1.165) is 5.57 Å². The zero-order valence-corrected chi connectivity index (χ0v) is 11.6. The highest BCUT2D eigenvalue weighted by Crippen LogP contribution is 2.58. The van der Waals surface area contributed by atoms with Crippen LogP contribution in [0.2, 0.25) is 0 Å². The molecule has 1 N–H and O–H groups in total. The fourth-order valence-electron chi connectivity index (χ4n) is 1.09. The van der Waals surface area contributed by atoms with E-state index in [9.17, 15) is 9.13 Å². The summed E-state index contributed by atoms with van der Waals surface area (Å²) in [4.78, 5) is 0. The van der Waals surface area contributed by atoms with Gasteiger partial charge in [-0.05, 0) is 13.3 Å². The molecule has 6 heteroatoms. The highest BCUT2D eigenvalue weighted by Gasteiger charge is 2.22. The van der Waals surface area contributed by atoms with Crippen LogP contribution in [0, 0.1) is 0 Å². The Balaban J connectivity index is 4.23. The number of rotatable bonds is 6. The van der Waals surface area contributed by atoms with Crippen molar-refractivity contribution in [1.29, 1.82) is 0 Å². The molecule has 0 bridgehead atoms. The van der Waals surface area contributed by atoms with Crippen LogP contribution in [0.1, 0.15) is 13.3 Å². The predicted octanol–water partition coefficient (Wildman–Crippen LogP) is 2.78. The Hall–Kier alpha value is 0.120. The van der Waals surface area contributed by atoms with Crippen LogP contribution in [0.3, 0.4) is 0 Å². The molecule has 1 atom stereocenters. The number of hydrogen-bond donors (Lipinski definition) is 1. The zero-order valence-electron chi connectivity index (χ0n) is 9.77. The maximum Gasteiger partial charge on any atom is 0.206 e. The van der Waals surface area contributed by atoms with E-state index in [1.807, 2.05) is 6.92 Å². The van der Waals surface area contributed by atoms with Gasteiger partial charge in [0.15, 0.2) is 0 Å². The minimum Gasteiger partial charge on any atom is -0.392 e. The maximum atomic E-state index is 11.9. The normalized spacial score (nSPS) is 17.5. The summed E-state index contributed by atoms with van der Waals surface area (Å²) in [5.74, 6) is 0. The summed E-state index contributed by atoms with van der Waals surface area (Å²) in [7, 11) is -5.47. The second kappa shape index (κ2) is 6.00. The third kappa shape index (κ3) is 9.07. The van der Waals surface area contributed by atoms with Gasteiger partial charge in [0.05, 0.1) is 6.61 Å². The van der Waals surface area contributed by atoms with Crippen molar-refractivity contribution < 1.29 is 18.5 Å². The molecule has 0 aliphatic carbocycles. The lowest BCUT2D eigenvalue weighted by atomic mass is 10.2. The molecule has 90 valence electrons. The van der Waals surface area contributed by atoms with Crippen molar-refractivity contribution in [2.45, 2.75) is 13.3 Å². The van der Waals surface area contributed by atoms with Gasteiger partial charge in [-0.1, -0.05) is 11.6 Å². The monoisotopic (exact) mass is 254 g/mol. The van der Waals surface area contributed by atoms with E-state index < -0.39 is 14.7 Å². The molecule has 0 fully saturated rings. The maximum absolute atomic E-state index is 11.9. The molecule has 0 aliphatic rings. The van der Waals surface area contributed by atoms with Gasteiger partial charge in [-0.15, -0.1) is 0 Å². The first kappa shape index (κ1) is 15.1. The highest BCUT2D eigenvalue weighted by atomic mass is 31.2. The Morgan fingerprint density at radius 1 is 1.33 bits per heavy atom. The van der Waals surface area contributed by atoms with Gasteiger partial charge < -0.3 is 5.11 Å². The summed E-state index contributed by atoms with van der Waals surface area (Å²) in [6.45, 7) is 6.26. The van der Waals surface area contributed by atoms with Gasteiger partial charge in [0.1, 0.15) is 0 Å². The lowest BCUT2D eigenvalue weighted by molar-refractivity contribution is 0.341. The molecule has 0 spiro atoms. The third-order valence-electron chi connectivity index (χ3n) is 1.72. The molecular formula is C9H20O4P2. The predicted molar refractivity (Wildman–Crippen MR) is 64.4 cm³/mol. The van der Waals surface area contributed by atoms with Crippen LogP contribution in [0.15, 0.2) is 11.6 Å². The summed E-state index contributed by atoms with van der Waals surface area (Å²) in [6.07, 6.45) is 2.62. The van der Waals surface area contributed by atoms with E-state index in [1.54, 1.807) is 6.08 Å². The van der Waals surface area contributed by atoms with E-state index >= 15 is 0 Å². The molecule has 0 radical (unpaired) electrons. The number of allylic oxidation sites excluding steroid dienone is 1. The molecule has 0 amide bonds. The summed E-state index contributed by atoms with van der Waals surface area (Å²) in [5, 5.41) is 8.63. The fraction of sp³-hybridized carbons (Fsp3) is 0.778. The number of aliphatic hydroxyl groups excluding tert-OH is 1. The van der Waals surface area contributed by atoms with Gasteiger partial charge in [0, 0.05) is 26.2 Å². The molecule has 0 aromatic rings. The molecule has 0 aromatic heterocycles. The molecule has 0 saturated heterocycles. The topological polar surface area (TPSA) is 63.6 Å². The van der Waals surface area contributed by atoms with Crippen molar-refractivity contribution in [1.82, 2.24) is 0 Å². The molecular weight excluding hydrogens is 234 g/mol. The lowest BCUT2D eigenvalue weighted by Crippen LogP contribution is -1.94. The SMILES string of the molecule is C/C(=C/CO)CCP(C)(=O)OP(C)(C)=O. The van der Waals surface area contributed by atoms with Gasteiger partial charge >= 0.3 is 0 Å². The van der Waals surface area contributed by atoms with Crippen molar-refractivity contribution in [3.05, 3.63) is 11.6 Å². The van der Waals surface area contributed by atoms with E-state index in [0.29, 0.717) is 12.6 Å². The van der Waals surface area contributed by atoms with Crippen molar-refractivity contribution in [2.24, 2.45) is 0 Å². The first-order valence-electron chi connectivity index (χ1n) is 4.75. The first-order valence-corrected chi connectivity index (χ1v) is 9.53. The standard InChI is InChI=1S/C9H20O4P2/c1-9(5-7-10)6-8-15(4,12)13-14(2,3)11/h5,10H,6-8H2,1-4H3/b9-5-. The van der Waals surface area contributed by atoms with Crippen LogP contribution in [-0.4, -0.2) is 37.9 Å². The van der Waals surface area contributed by atoms with Gasteiger partial charge in [-0.2, -0.15) is 0 Å². The largest absolute Gasteiger partial charge is 0.392 e. The van der Waals surface area contributed by atoms with Crippen LogP contribution >= 0.6 is 14.7 Å². The molecule has 0 heterocycles. The van der Waals surface area contributed by atoms with Crippen molar-refractivity contribution in [3.63, 3.8) is 0 Å². The summed E-state index contributed by atoms with van der Waals surface area (Å²) < 4.78 is 28.3. The summed E-state index contributed by atoms with van der Waals surface area (Å²) in [5.41, 5.74) is 0.963. The van der Waals surface area contributed by atoms with Crippen LogP contribution < -0.4 is 0 Å². The average molecular weight is 254 g/mol. The quantitative estimate of drug-likeness (QED) is 0.584. The van der Waals surface area contributed by atoms with E-state index in [2.05, 4.69) is 0 Å². The van der Waals surface area contributed by atoms with Gasteiger partial charge in [0.2, 0.25) is 14.7 Å². The van der Waals surface area contributed by atoms with E-state index in [1.165, 1.54) is 20.0 Å². The van der Waals surface area contributed by atoms with Gasteiger partial charge in [-0.3, -0.25) is 13.4 Å². The number of hydrogen-bond acceptors (Lipinski definition) is 4. The van der Waals surface area contributed by atoms with Gasteiger partial charge in [-0.25, -0.2) is 0 Å². The van der Waals surface area contributed by atoms with Crippen LogP contribution in [-0.2, 0) is 13.4 Å². The smallest absolute Gasteiger partial charge is 0.206 e. The minimum absolute atomic E-state index is 0.0131. The van der Waals surface area contributed by atoms with Crippen LogP contribution in [0.25, 0.3) is 0 Å². The fourth-order valence-corrected chi connectivity index (χ4v) is 5.51. The Bertz CT molecular complexity index is 316. The van der Waals surface area contributed by atoms with Crippen molar-refractivity contribution in [3.8, 4) is 0 Å². The Kier molecular flexibility index (Phi) is 6.05. The second-order valence-electron chi connectivity index (χ2n) is 4.05. The lowest BCUT2D eigenvalue weighted by Gasteiger charge is -2.16. The minimum atomic E-state index is -2.78. The van der Waals surface area contributed by atoms with Crippen LogP contribution in [0.4, 0.5) is 0 Å². The summed E-state index contributed by atoms with van der Waals surface area (Å²) >= 11 is 0. The Morgan fingerprint density at radius 3 is 2.27 bits per heavy atom. The highest BCUT2D eigenvalue weighted by molar-refractivity contribution is 7.70. The van der Waals surface area contributed by atoms with E-state index in [4.69, 9.17) is 9.42 Å². The molecule has 0 rings (SSSR count). The Morgan fingerprint density at radius 2 is 1.87 bits per heavy atom. The molecule has 4 nitrogen and oxygen atoms in total. The third-order valence-corrected chi connectivity index (χ3v) is 5.71. The number of aliphatic hydroxyl groups is 1. The van der Waals surface area contributed by atoms with Crippen molar-refractivity contribution in [2.75, 3.05) is 32.8 Å². The molecule has 1 unspecified atom stereocenters. The molecule has 15 heavy (non-hydrogen) atoms. The molecule has 0 aliphatic heterocycles. The second-order valence-corrected chi connectivity index (χ2v) is 9.69. The first-order chi connectivity index (χ1) is 6.66. The zero-order chi connectivity index (χ0) is 12.1. The molecule has 0 saturated carbocycles. The van der Waals surface area contributed by atoms with Crippen LogP contribution in [0.5, 0.6) is 0 Å².